The molecule has 5 heteroatoms. The Balaban J connectivity index is 1.46. The van der Waals surface area contributed by atoms with E-state index in [1.807, 2.05) is 48.5 Å². The Labute approximate surface area is 145 Å². The van der Waals surface area contributed by atoms with Crippen molar-refractivity contribution in [1.82, 2.24) is 10.3 Å². The lowest BCUT2D eigenvalue weighted by Gasteiger charge is -2.08. The number of hydrogen-bond donors (Lipinski definition) is 1. The lowest BCUT2D eigenvalue weighted by atomic mass is 10.0. The number of aromatic nitrogens is 1. The number of carbonyl (C=O) groups excluding carboxylic acids is 1. The Kier molecular flexibility index (Phi) is 4.04. The maximum absolute atomic E-state index is 12.5. The first-order valence-electron chi connectivity index (χ1n) is 7.97. The molecule has 1 N–H and O–H groups in total. The average Bonchev–Trinajstić information content (AvgIpc) is 3.15. The van der Waals surface area contributed by atoms with Crippen LogP contribution >= 0.6 is 0 Å². The van der Waals surface area contributed by atoms with Crippen LogP contribution in [0.5, 0.6) is 11.5 Å². The number of hydrogen-bond acceptors (Lipinski definition) is 4. The van der Waals surface area contributed by atoms with Crippen LogP contribution in [0.25, 0.3) is 11.1 Å². The van der Waals surface area contributed by atoms with E-state index in [0.717, 1.165) is 22.4 Å². The molecule has 0 radical (unpaired) electrons. The SMILES string of the molecule is O=C(NCc1ccc2c(c1)OCO2)c1cccc(-c2ccncc2)c1. The Bertz CT molecular complexity index is 910. The summed E-state index contributed by atoms with van der Waals surface area (Å²) >= 11 is 0. The van der Waals surface area contributed by atoms with Gasteiger partial charge in [0.2, 0.25) is 6.79 Å². The molecule has 0 fully saturated rings. The van der Waals surface area contributed by atoms with E-state index >= 15 is 0 Å². The highest BCUT2D eigenvalue weighted by Gasteiger charge is 2.14. The number of amides is 1. The van der Waals surface area contributed by atoms with E-state index in [0.29, 0.717) is 17.9 Å². The second kappa shape index (κ2) is 6.65. The summed E-state index contributed by atoms with van der Waals surface area (Å²) in [5, 5.41) is 2.94. The molecule has 1 aliphatic rings. The van der Waals surface area contributed by atoms with Crippen molar-refractivity contribution >= 4 is 5.91 Å². The Morgan fingerprint density at radius 1 is 0.960 bits per heavy atom. The van der Waals surface area contributed by atoms with E-state index in [2.05, 4.69) is 10.3 Å². The first-order valence-corrected chi connectivity index (χ1v) is 7.97. The highest BCUT2D eigenvalue weighted by atomic mass is 16.7. The van der Waals surface area contributed by atoms with Gasteiger partial charge in [0.05, 0.1) is 0 Å². The van der Waals surface area contributed by atoms with Crippen LogP contribution < -0.4 is 14.8 Å². The molecule has 0 atom stereocenters. The van der Waals surface area contributed by atoms with Gasteiger partial charge in [-0.2, -0.15) is 0 Å². The summed E-state index contributed by atoms with van der Waals surface area (Å²) in [6.07, 6.45) is 3.48. The number of pyridine rings is 1. The molecule has 0 unspecified atom stereocenters. The zero-order chi connectivity index (χ0) is 17.1. The fourth-order valence-electron chi connectivity index (χ4n) is 2.72. The maximum Gasteiger partial charge on any atom is 0.251 e. The van der Waals surface area contributed by atoms with E-state index in [4.69, 9.17) is 9.47 Å². The fourth-order valence-corrected chi connectivity index (χ4v) is 2.72. The van der Waals surface area contributed by atoms with Crippen molar-refractivity contribution in [2.75, 3.05) is 6.79 Å². The fraction of sp³-hybridized carbons (Fsp3) is 0.100. The highest BCUT2D eigenvalue weighted by molar-refractivity contribution is 5.95. The molecule has 0 spiro atoms. The number of ether oxygens (including phenoxy) is 2. The van der Waals surface area contributed by atoms with Crippen LogP contribution in [0.1, 0.15) is 15.9 Å². The third-order valence-corrected chi connectivity index (χ3v) is 4.03. The van der Waals surface area contributed by atoms with E-state index in [1.54, 1.807) is 18.5 Å². The van der Waals surface area contributed by atoms with Gasteiger partial charge in [-0.15, -0.1) is 0 Å². The van der Waals surface area contributed by atoms with Crippen LogP contribution in [0.4, 0.5) is 0 Å². The number of rotatable bonds is 4. The molecule has 1 aliphatic heterocycles. The normalized spacial score (nSPS) is 12.0. The molecule has 3 aromatic rings. The molecule has 124 valence electrons. The van der Waals surface area contributed by atoms with Crippen molar-refractivity contribution in [1.29, 1.82) is 0 Å². The van der Waals surface area contributed by atoms with Gasteiger partial charge in [0, 0.05) is 24.5 Å². The zero-order valence-electron chi connectivity index (χ0n) is 13.4. The van der Waals surface area contributed by atoms with Crippen molar-refractivity contribution in [3.63, 3.8) is 0 Å². The standard InChI is InChI=1S/C20H16N2O3/c23-20(22-12-14-4-5-18-19(10-14)25-13-24-18)17-3-1-2-16(11-17)15-6-8-21-9-7-15/h1-11H,12-13H2,(H,22,23). The number of benzene rings is 2. The van der Waals surface area contributed by atoms with Crippen LogP contribution in [-0.4, -0.2) is 17.7 Å². The molecule has 0 saturated heterocycles. The van der Waals surface area contributed by atoms with Crippen LogP contribution in [0.3, 0.4) is 0 Å². The highest BCUT2D eigenvalue weighted by Crippen LogP contribution is 2.32. The third kappa shape index (κ3) is 3.30. The van der Waals surface area contributed by atoms with Crippen LogP contribution in [0, 0.1) is 0 Å². The lowest BCUT2D eigenvalue weighted by Crippen LogP contribution is -2.22. The molecule has 25 heavy (non-hydrogen) atoms. The second-order valence-electron chi connectivity index (χ2n) is 5.69. The minimum absolute atomic E-state index is 0.117. The van der Waals surface area contributed by atoms with Crippen molar-refractivity contribution < 1.29 is 14.3 Å². The summed E-state index contributed by atoms with van der Waals surface area (Å²) in [6, 6.07) is 17.0. The van der Waals surface area contributed by atoms with Gasteiger partial charge >= 0.3 is 0 Å². The van der Waals surface area contributed by atoms with Crippen molar-refractivity contribution in [3.8, 4) is 22.6 Å². The van der Waals surface area contributed by atoms with Gasteiger partial charge in [-0.05, 0) is 53.1 Å². The first-order chi connectivity index (χ1) is 12.3. The van der Waals surface area contributed by atoms with Gasteiger partial charge in [-0.3, -0.25) is 9.78 Å². The smallest absolute Gasteiger partial charge is 0.251 e. The molecular formula is C20H16N2O3. The van der Waals surface area contributed by atoms with Crippen LogP contribution in [-0.2, 0) is 6.54 Å². The summed E-state index contributed by atoms with van der Waals surface area (Å²) < 4.78 is 10.6. The summed E-state index contributed by atoms with van der Waals surface area (Å²) in [5.74, 6) is 1.33. The molecular weight excluding hydrogens is 316 g/mol. The van der Waals surface area contributed by atoms with Crippen molar-refractivity contribution in [3.05, 3.63) is 78.1 Å². The Morgan fingerprint density at radius 2 is 1.80 bits per heavy atom. The number of nitrogens with zero attached hydrogens (tertiary/aromatic N) is 1. The summed E-state index contributed by atoms with van der Waals surface area (Å²) in [4.78, 5) is 16.5. The minimum Gasteiger partial charge on any atom is -0.454 e. The molecule has 0 bridgehead atoms. The topological polar surface area (TPSA) is 60.5 Å². The summed E-state index contributed by atoms with van der Waals surface area (Å²) in [5.41, 5.74) is 3.59. The van der Waals surface area contributed by atoms with E-state index in [-0.39, 0.29) is 12.7 Å². The van der Waals surface area contributed by atoms with Gasteiger partial charge in [0.15, 0.2) is 11.5 Å². The van der Waals surface area contributed by atoms with Gasteiger partial charge in [0.1, 0.15) is 0 Å². The molecule has 1 aromatic heterocycles. The molecule has 2 heterocycles. The van der Waals surface area contributed by atoms with E-state index in [9.17, 15) is 4.79 Å². The molecule has 1 amide bonds. The Hall–Kier alpha value is -3.34. The molecule has 0 aliphatic carbocycles. The summed E-state index contributed by atoms with van der Waals surface area (Å²) in [6.45, 7) is 0.669. The van der Waals surface area contributed by atoms with E-state index in [1.165, 1.54) is 0 Å². The number of nitrogens with one attached hydrogen (secondary N) is 1. The van der Waals surface area contributed by atoms with Gasteiger partial charge in [-0.25, -0.2) is 0 Å². The quantitative estimate of drug-likeness (QED) is 0.795. The second-order valence-corrected chi connectivity index (χ2v) is 5.69. The van der Waals surface area contributed by atoms with Gasteiger partial charge in [-0.1, -0.05) is 18.2 Å². The molecule has 0 saturated carbocycles. The average molecular weight is 332 g/mol. The van der Waals surface area contributed by atoms with Gasteiger partial charge in [0.25, 0.3) is 5.91 Å². The summed E-state index contributed by atoms with van der Waals surface area (Å²) in [7, 11) is 0. The first kappa shape index (κ1) is 15.2. The van der Waals surface area contributed by atoms with Crippen LogP contribution in [0.15, 0.2) is 67.0 Å². The zero-order valence-corrected chi connectivity index (χ0v) is 13.4. The predicted octanol–water partition coefficient (Wildman–Crippen LogP) is 3.41. The van der Waals surface area contributed by atoms with Crippen molar-refractivity contribution in [2.45, 2.75) is 6.54 Å². The predicted molar refractivity (Wildman–Crippen MR) is 93.4 cm³/mol. The number of carbonyl (C=O) groups is 1. The molecule has 4 rings (SSSR count). The molecule has 2 aromatic carbocycles. The van der Waals surface area contributed by atoms with Gasteiger partial charge < -0.3 is 14.8 Å². The lowest BCUT2D eigenvalue weighted by molar-refractivity contribution is 0.0951. The molecule has 5 nitrogen and oxygen atoms in total. The van der Waals surface area contributed by atoms with Crippen LogP contribution in [0.2, 0.25) is 0 Å². The Morgan fingerprint density at radius 3 is 2.68 bits per heavy atom. The monoisotopic (exact) mass is 332 g/mol. The van der Waals surface area contributed by atoms with E-state index < -0.39 is 0 Å². The third-order valence-electron chi connectivity index (χ3n) is 4.03. The minimum atomic E-state index is -0.117. The maximum atomic E-state index is 12.5. The number of fused-ring (bicyclic) bond motifs is 1. The largest absolute Gasteiger partial charge is 0.454 e. The van der Waals surface area contributed by atoms with Crippen molar-refractivity contribution in [2.24, 2.45) is 0 Å².